The van der Waals surface area contributed by atoms with E-state index in [1.165, 1.54) is 5.56 Å². The Bertz CT molecular complexity index is 1870. The van der Waals surface area contributed by atoms with Crippen molar-refractivity contribution in [3.8, 4) is 0 Å². The van der Waals surface area contributed by atoms with Gasteiger partial charge in [-0.15, -0.1) is 0 Å². The molecule has 11 heteroatoms. The van der Waals surface area contributed by atoms with Gasteiger partial charge in [0.05, 0.1) is 5.39 Å². The quantitative estimate of drug-likeness (QED) is 0.250. The Hall–Kier alpha value is -4.57. The van der Waals surface area contributed by atoms with Crippen LogP contribution in [-0.4, -0.2) is 53.2 Å². The summed E-state index contributed by atoms with van der Waals surface area (Å²) in [7, 11) is 0. The molecule has 0 radical (unpaired) electrons. The lowest BCUT2D eigenvalue weighted by Crippen LogP contribution is -2.51. The highest BCUT2D eigenvalue weighted by atomic mass is 35.5. The van der Waals surface area contributed by atoms with Crippen molar-refractivity contribution < 1.29 is 27.6 Å². The topological polar surface area (TPSA) is 99.9 Å². The fourth-order valence-electron chi connectivity index (χ4n) is 6.52. The van der Waals surface area contributed by atoms with Gasteiger partial charge in [0, 0.05) is 56.2 Å². The number of carbonyl (C=O) groups is 3. The van der Waals surface area contributed by atoms with Crippen molar-refractivity contribution in [1.29, 1.82) is 0 Å². The molecule has 0 bridgehead atoms. The van der Waals surface area contributed by atoms with Crippen molar-refractivity contribution in [3.05, 3.63) is 116 Å². The summed E-state index contributed by atoms with van der Waals surface area (Å²) in [5.74, 6) is -3.37. The van der Waals surface area contributed by atoms with Gasteiger partial charge in [-0.1, -0.05) is 48.0 Å². The maximum Gasteiger partial charge on any atom is 0.287 e. The smallest absolute Gasteiger partial charge is 0.287 e. The summed E-state index contributed by atoms with van der Waals surface area (Å²) < 4.78 is 33.5. The Morgan fingerprint density at radius 2 is 1.70 bits per heavy atom. The van der Waals surface area contributed by atoms with E-state index in [0.29, 0.717) is 50.0 Å². The fraction of sp³-hybridized carbons (Fsp3) is 0.333. The van der Waals surface area contributed by atoms with Gasteiger partial charge in [0.1, 0.15) is 11.9 Å². The van der Waals surface area contributed by atoms with Crippen molar-refractivity contribution in [1.82, 2.24) is 15.1 Å². The Labute approximate surface area is 275 Å². The van der Waals surface area contributed by atoms with Gasteiger partial charge in [0.15, 0.2) is 22.6 Å². The number of rotatable bonds is 8. The SMILES string of the molecule is O=C(N[C@H](Cc1ccc(Cl)cc1)C(=O)N1CCC(c2ccccc2CN2CCCCC2=O)CC1)c1cc(=O)c2cc(F)cc(F)c2o1. The first-order valence-electron chi connectivity index (χ1n) is 15.8. The Balaban J connectivity index is 1.19. The molecule has 2 fully saturated rings. The average Bonchev–Trinajstić information content (AvgIpc) is 3.07. The predicted octanol–water partition coefficient (Wildman–Crippen LogP) is 5.98. The molecule has 6 rings (SSSR count). The number of nitrogens with zero attached hydrogens (tertiary/aromatic N) is 2. The van der Waals surface area contributed by atoms with E-state index in [2.05, 4.69) is 17.4 Å². The Morgan fingerprint density at radius 3 is 2.45 bits per heavy atom. The van der Waals surface area contributed by atoms with Crippen LogP contribution in [0.1, 0.15) is 65.3 Å². The van der Waals surface area contributed by atoms with Gasteiger partial charge in [-0.2, -0.15) is 0 Å². The third-order valence-corrected chi connectivity index (χ3v) is 9.26. The number of carbonyl (C=O) groups excluding carboxylic acids is 3. The summed E-state index contributed by atoms with van der Waals surface area (Å²) in [5.41, 5.74) is 1.71. The number of likely N-dealkylation sites (tertiary alicyclic amines) is 2. The van der Waals surface area contributed by atoms with Gasteiger partial charge < -0.3 is 19.5 Å². The second kappa shape index (κ2) is 14.0. The number of nitrogens with one attached hydrogen (secondary N) is 1. The standard InChI is InChI=1S/C36H34ClF2N3O5/c37-25-10-8-22(9-11-25)17-30(40-35(45)32-20-31(43)28-18-26(38)19-29(39)34(28)47-32)36(46)41-15-12-23(13-16-41)27-6-2-1-5-24(27)21-42-14-4-3-7-33(42)44/h1-2,5-6,8-11,18-20,23,30H,3-4,7,12-17,21H2,(H,40,45)/t30-/m1/s1. The molecule has 2 aliphatic rings. The number of halogens is 3. The number of hydrogen-bond donors (Lipinski definition) is 1. The van der Waals surface area contributed by atoms with Gasteiger partial charge >= 0.3 is 0 Å². The van der Waals surface area contributed by atoms with Crippen LogP contribution in [0.4, 0.5) is 8.78 Å². The van der Waals surface area contributed by atoms with Crippen LogP contribution in [0.25, 0.3) is 11.0 Å². The number of fused-ring (bicyclic) bond motifs is 1. The molecule has 0 unspecified atom stereocenters. The first-order chi connectivity index (χ1) is 22.7. The molecule has 244 valence electrons. The molecule has 1 N–H and O–H groups in total. The maximum absolute atomic E-state index is 14.4. The van der Waals surface area contributed by atoms with Gasteiger partial charge in [0.25, 0.3) is 5.91 Å². The summed E-state index contributed by atoms with van der Waals surface area (Å²) in [6.07, 6.45) is 4.05. The van der Waals surface area contributed by atoms with Crippen LogP contribution in [0.2, 0.25) is 5.02 Å². The zero-order chi connectivity index (χ0) is 33.1. The lowest BCUT2D eigenvalue weighted by Gasteiger charge is -2.36. The zero-order valence-corrected chi connectivity index (χ0v) is 26.4. The second-order valence-corrected chi connectivity index (χ2v) is 12.6. The summed E-state index contributed by atoms with van der Waals surface area (Å²) in [6, 6.07) is 16.3. The molecule has 3 heterocycles. The highest BCUT2D eigenvalue weighted by Crippen LogP contribution is 2.32. The van der Waals surface area contributed by atoms with Crippen LogP contribution in [0, 0.1) is 11.6 Å². The summed E-state index contributed by atoms with van der Waals surface area (Å²) in [5, 5.41) is 2.87. The van der Waals surface area contributed by atoms with E-state index in [-0.39, 0.29) is 29.5 Å². The summed E-state index contributed by atoms with van der Waals surface area (Å²) in [6.45, 7) is 2.24. The van der Waals surface area contributed by atoms with Gasteiger partial charge in [-0.05, 0) is 66.5 Å². The van der Waals surface area contributed by atoms with E-state index in [1.807, 2.05) is 17.0 Å². The summed E-state index contributed by atoms with van der Waals surface area (Å²) >= 11 is 6.06. The molecule has 0 spiro atoms. The van der Waals surface area contributed by atoms with E-state index in [1.54, 1.807) is 29.2 Å². The number of hydrogen-bond acceptors (Lipinski definition) is 5. The molecule has 3 aromatic carbocycles. The van der Waals surface area contributed by atoms with Crippen molar-refractivity contribution in [3.63, 3.8) is 0 Å². The van der Waals surface area contributed by atoms with Crippen molar-refractivity contribution in [2.45, 2.75) is 57.0 Å². The molecule has 2 saturated heterocycles. The molecule has 0 saturated carbocycles. The average molecular weight is 662 g/mol. The lowest BCUT2D eigenvalue weighted by atomic mass is 9.86. The molecule has 47 heavy (non-hydrogen) atoms. The van der Waals surface area contributed by atoms with E-state index in [0.717, 1.165) is 42.6 Å². The van der Waals surface area contributed by atoms with Crippen LogP contribution in [0.3, 0.4) is 0 Å². The molecule has 8 nitrogen and oxygen atoms in total. The molecule has 4 aromatic rings. The van der Waals surface area contributed by atoms with Crippen LogP contribution in [-0.2, 0) is 22.6 Å². The molecule has 3 amide bonds. The van der Waals surface area contributed by atoms with E-state index < -0.39 is 40.4 Å². The van der Waals surface area contributed by atoms with Crippen LogP contribution < -0.4 is 10.7 Å². The number of piperidine rings is 2. The molecule has 0 aliphatic carbocycles. The monoisotopic (exact) mass is 661 g/mol. The highest BCUT2D eigenvalue weighted by Gasteiger charge is 2.32. The summed E-state index contributed by atoms with van der Waals surface area (Å²) in [4.78, 5) is 56.1. The molecule has 1 atom stereocenters. The van der Waals surface area contributed by atoms with Crippen LogP contribution in [0.15, 0.2) is 75.9 Å². The lowest BCUT2D eigenvalue weighted by molar-refractivity contribution is -0.135. The number of amides is 3. The fourth-order valence-corrected chi connectivity index (χ4v) is 6.65. The normalized spacial score (nSPS) is 16.4. The first kappa shape index (κ1) is 32.4. The third kappa shape index (κ3) is 7.38. The Morgan fingerprint density at radius 1 is 0.957 bits per heavy atom. The van der Waals surface area contributed by atoms with E-state index >= 15 is 0 Å². The minimum atomic E-state index is -1.12. The molecule has 1 aromatic heterocycles. The minimum Gasteiger partial charge on any atom is -0.448 e. The van der Waals surface area contributed by atoms with Crippen molar-refractivity contribution in [2.75, 3.05) is 19.6 Å². The van der Waals surface area contributed by atoms with Gasteiger partial charge in [0.2, 0.25) is 11.8 Å². The predicted molar refractivity (Wildman–Crippen MR) is 173 cm³/mol. The van der Waals surface area contributed by atoms with Crippen molar-refractivity contribution in [2.24, 2.45) is 0 Å². The third-order valence-electron chi connectivity index (χ3n) is 9.01. The first-order valence-corrected chi connectivity index (χ1v) is 16.2. The minimum absolute atomic E-state index is 0.131. The number of benzene rings is 3. The molecular formula is C36H34ClF2N3O5. The largest absolute Gasteiger partial charge is 0.448 e. The molecule has 2 aliphatic heterocycles. The Kier molecular flexibility index (Phi) is 9.68. The van der Waals surface area contributed by atoms with Gasteiger partial charge in [-0.25, -0.2) is 8.78 Å². The van der Waals surface area contributed by atoms with E-state index in [4.69, 9.17) is 16.0 Å². The van der Waals surface area contributed by atoms with Crippen molar-refractivity contribution >= 4 is 40.3 Å². The van der Waals surface area contributed by atoms with Crippen LogP contribution in [0.5, 0.6) is 0 Å². The zero-order valence-electron chi connectivity index (χ0n) is 25.6. The second-order valence-electron chi connectivity index (χ2n) is 12.2. The van der Waals surface area contributed by atoms with Gasteiger partial charge in [-0.3, -0.25) is 19.2 Å². The van der Waals surface area contributed by atoms with E-state index in [9.17, 15) is 28.0 Å². The maximum atomic E-state index is 14.4. The highest BCUT2D eigenvalue weighted by molar-refractivity contribution is 6.30. The molecular weight excluding hydrogens is 628 g/mol. The van der Waals surface area contributed by atoms with Crippen LogP contribution >= 0.6 is 11.6 Å².